The van der Waals surface area contributed by atoms with Gasteiger partial charge in [-0.15, -0.1) is 0 Å². The van der Waals surface area contributed by atoms with Gasteiger partial charge in [0.25, 0.3) is 5.91 Å². The van der Waals surface area contributed by atoms with Crippen molar-refractivity contribution in [3.05, 3.63) is 106 Å². The number of carbonyl (C=O) groups is 5. The summed E-state index contributed by atoms with van der Waals surface area (Å²) in [6, 6.07) is 22.2. The van der Waals surface area contributed by atoms with Gasteiger partial charge < -0.3 is 29.9 Å². The second-order valence-electron chi connectivity index (χ2n) is 21.6. The van der Waals surface area contributed by atoms with Crippen molar-refractivity contribution in [2.24, 2.45) is 18.9 Å². The summed E-state index contributed by atoms with van der Waals surface area (Å²) in [6.07, 6.45) is 4.19. The first kappa shape index (κ1) is 51.0. The van der Waals surface area contributed by atoms with Crippen molar-refractivity contribution in [3.63, 3.8) is 0 Å². The number of carbonyl (C=O) groups excluding carboxylic acids is 5. The van der Waals surface area contributed by atoms with Crippen LogP contribution in [0, 0.1) is 30.6 Å². The third-order valence-corrected chi connectivity index (χ3v) is 15.2. The fraction of sp³-hybridized carbons (Fsp3) is 0.474. The number of imide groups is 1. The first-order chi connectivity index (χ1) is 34.8. The molecule has 4 aliphatic rings. The van der Waals surface area contributed by atoms with Gasteiger partial charge in [-0.1, -0.05) is 48.2 Å². The van der Waals surface area contributed by atoms with Crippen molar-refractivity contribution < 1.29 is 33.8 Å². The van der Waals surface area contributed by atoms with Gasteiger partial charge in [0.2, 0.25) is 17.7 Å². The summed E-state index contributed by atoms with van der Waals surface area (Å²) in [6.45, 7) is 13.9. The van der Waals surface area contributed by atoms with Gasteiger partial charge in [-0.25, -0.2) is 9.59 Å². The highest BCUT2D eigenvalue weighted by Crippen LogP contribution is 2.33. The Morgan fingerprint density at radius 1 is 0.863 bits per heavy atom. The summed E-state index contributed by atoms with van der Waals surface area (Å²) in [7, 11) is 1.69. The number of fused-ring (bicyclic) bond motifs is 2. The molecule has 5 amide bonds. The zero-order chi connectivity index (χ0) is 51.8. The minimum atomic E-state index is -0.853. The SMILES string of the molecule is Cc1ccc(NC(=O)OC(C)(C)C)cc1C(=O)N[C@H](C)c1ccc(C#CC2CCN(CC3(O)CCN(C(=O)C4CCN(c5ccc6c(c5)n(C)c(=O)n6C5CCC(=O)NC5=O)CC4)CC3)CC2)c2ccccc12. The molecule has 16 nitrogen and oxygen atoms in total. The van der Waals surface area contributed by atoms with Gasteiger partial charge in [-0.05, 0) is 151 Å². The number of likely N-dealkylation sites (tertiary alicyclic amines) is 2. The lowest BCUT2D eigenvalue weighted by Gasteiger charge is -2.43. The molecule has 0 saturated carbocycles. The predicted octanol–water partition coefficient (Wildman–Crippen LogP) is 6.95. The van der Waals surface area contributed by atoms with E-state index in [1.165, 1.54) is 4.57 Å². The number of anilines is 2. The van der Waals surface area contributed by atoms with Crippen LogP contribution in [0.2, 0.25) is 0 Å². The molecule has 5 heterocycles. The number of aromatic nitrogens is 2. The molecule has 1 unspecified atom stereocenters. The highest BCUT2D eigenvalue weighted by molar-refractivity contribution is 6.00. The van der Waals surface area contributed by atoms with E-state index in [0.29, 0.717) is 80.7 Å². The summed E-state index contributed by atoms with van der Waals surface area (Å²) in [5.74, 6) is 6.32. The Kier molecular flexibility index (Phi) is 14.6. The van der Waals surface area contributed by atoms with Crippen LogP contribution < -0.4 is 26.5 Å². The fourth-order valence-corrected chi connectivity index (χ4v) is 11.1. The van der Waals surface area contributed by atoms with E-state index in [0.717, 1.165) is 59.1 Å². The third-order valence-electron chi connectivity index (χ3n) is 15.2. The number of β-amino-alcohol motifs (C(OH)–C–C–N with tert-alkyl or cyclic N) is 1. The standard InChI is InChI=1S/C57H68N8O8/c1-36-11-15-41(59-54(70)73-56(3,4)5)33-46(36)51(67)58-37(2)43-17-14-39(44-9-7-8-10-45(43)44)13-12-38-21-27-62(28-22-38)35-57(72)25-31-64(32-26-57)53(69)40-23-29-63(30-24-40)42-16-18-47-49(34-42)61(6)55(71)65(47)48-19-20-50(66)60-52(48)68/h7-11,14-18,33-34,37-38,40,48,72H,19-32,35H2,1-6H3,(H,58,67)(H,59,70)(H,60,66,68)/t37-,48?/m1/s1. The molecule has 0 spiro atoms. The summed E-state index contributed by atoms with van der Waals surface area (Å²) in [5.41, 5.74) is 4.13. The minimum Gasteiger partial charge on any atom is -0.444 e. The molecule has 4 saturated heterocycles. The zero-order valence-electron chi connectivity index (χ0n) is 42.9. The molecule has 9 rings (SSSR count). The molecule has 4 aromatic carbocycles. The van der Waals surface area contributed by atoms with E-state index in [4.69, 9.17) is 4.74 Å². The van der Waals surface area contributed by atoms with Crippen LogP contribution in [0.3, 0.4) is 0 Å². The number of aliphatic hydroxyl groups is 1. The number of hydrogen-bond acceptors (Lipinski definition) is 10. The smallest absolute Gasteiger partial charge is 0.412 e. The number of nitrogens with one attached hydrogen (secondary N) is 3. The van der Waals surface area contributed by atoms with Crippen molar-refractivity contribution in [3.8, 4) is 11.8 Å². The monoisotopic (exact) mass is 993 g/mol. The molecule has 5 aromatic rings. The van der Waals surface area contributed by atoms with Crippen LogP contribution in [0.1, 0.15) is 118 Å². The highest BCUT2D eigenvalue weighted by Gasteiger charge is 2.39. The summed E-state index contributed by atoms with van der Waals surface area (Å²) < 4.78 is 8.43. The zero-order valence-corrected chi connectivity index (χ0v) is 42.9. The number of piperidine rings is 4. The van der Waals surface area contributed by atoms with Gasteiger partial charge in [-0.3, -0.25) is 38.9 Å². The van der Waals surface area contributed by atoms with Gasteiger partial charge in [-0.2, -0.15) is 0 Å². The van der Waals surface area contributed by atoms with Crippen molar-refractivity contribution >= 4 is 62.9 Å². The average Bonchev–Trinajstić information content (AvgIpc) is 3.60. The second kappa shape index (κ2) is 20.9. The first-order valence-corrected chi connectivity index (χ1v) is 25.8. The van der Waals surface area contributed by atoms with Gasteiger partial charge in [0.15, 0.2) is 0 Å². The molecule has 0 bridgehead atoms. The largest absolute Gasteiger partial charge is 0.444 e. The lowest BCUT2D eigenvalue weighted by molar-refractivity contribution is -0.141. The van der Waals surface area contributed by atoms with E-state index in [1.807, 2.05) is 61.2 Å². The van der Waals surface area contributed by atoms with E-state index in [1.54, 1.807) is 50.6 Å². The number of hydrogen-bond donors (Lipinski definition) is 4. The van der Waals surface area contributed by atoms with Crippen LogP contribution in [0.15, 0.2) is 77.6 Å². The molecular weight excluding hydrogens is 925 g/mol. The van der Waals surface area contributed by atoms with Gasteiger partial charge >= 0.3 is 11.8 Å². The Balaban J connectivity index is 0.738. The average molecular weight is 993 g/mol. The Morgan fingerprint density at radius 3 is 2.27 bits per heavy atom. The summed E-state index contributed by atoms with van der Waals surface area (Å²) >= 11 is 0. The highest BCUT2D eigenvalue weighted by atomic mass is 16.6. The number of amides is 5. The van der Waals surface area contributed by atoms with E-state index >= 15 is 0 Å². The molecule has 4 aliphatic heterocycles. The van der Waals surface area contributed by atoms with Crippen LogP contribution in [0.5, 0.6) is 0 Å². The quantitative estimate of drug-likeness (QED) is 0.0890. The first-order valence-electron chi connectivity index (χ1n) is 25.8. The van der Waals surface area contributed by atoms with Crippen LogP contribution in [-0.2, 0) is 26.2 Å². The molecule has 1 aromatic heterocycles. The molecule has 0 radical (unpaired) electrons. The summed E-state index contributed by atoms with van der Waals surface area (Å²) in [4.78, 5) is 84.1. The lowest BCUT2D eigenvalue weighted by Crippen LogP contribution is -2.54. The van der Waals surface area contributed by atoms with E-state index < -0.39 is 29.2 Å². The van der Waals surface area contributed by atoms with Crippen molar-refractivity contribution in [1.82, 2.24) is 29.6 Å². The molecule has 384 valence electrons. The molecule has 2 atom stereocenters. The number of ether oxygens (including phenoxy) is 1. The molecule has 4 fully saturated rings. The maximum atomic E-state index is 13.8. The molecule has 16 heteroatoms. The van der Waals surface area contributed by atoms with Gasteiger partial charge in [0.05, 0.1) is 22.7 Å². The van der Waals surface area contributed by atoms with Gasteiger partial charge in [0, 0.05) is 80.5 Å². The van der Waals surface area contributed by atoms with E-state index in [-0.39, 0.29) is 54.1 Å². The Bertz CT molecular complexity index is 3080. The summed E-state index contributed by atoms with van der Waals surface area (Å²) in [5, 5.41) is 22.1. The number of rotatable bonds is 9. The fourth-order valence-electron chi connectivity index (χ4n) is 11.1. The predicted molar refractivity (Wildman–Crippen MR) is 281 cm³/mol. The van der Waals surface area contributed by atoms with Crippen LogP contribution in [-0.4, -0.2) is 111 Å². The molecular formula is C57H68N8O8. The van der Waals surface area contributed by atoms with E-state index in [2.05, 4.69) is 49.7 Å². The number of nitrogens with zero attached hydrogens (tertiary/aromatic N) is 5. The van der Waals surface area contributed by atoms with Crippen molar-refractivity contribution in [2.75, 3.05) is 56.0 Å². The minimum absolute atomic E-state index is 0.0893. The molecule has 73 heavy (non-hydrogen) atoms. The second-order valence-corrected chi connectivity index (χ2v) is 21.6. The van der Waals surface area contributed by atoms with Crippen molar-refractivity contribution in [2.45, 2.75) is 109 Å². The molecule has 4 N–H and O–H groups in total. The maximum absolute atomic E-state index is 13.8. The van der Waals surface area contributed by atoms with Crippen molar-refractivity contribution in [1.29, 1.82) is 0 Å². The maximum Gasteiger partial charge on any atom is 0.412 e. The number of aryl methyl sites for hydroxylation is 2. The number of imidazole rings is 1. The third kappa shape index (κ3) is 11.3. The van der Waals surface area contributed by atoms with Gasteiger partial charge in [0.1, 0.15) is 11.6 Å². The van der Waals surface area contributed by atoms with Crippen LogP contribution in [0.25, 0.3) is 21.8 Å². The Morgan fingerprint density at radius 2 is 1.58 bits per heavy atom. The topological polar surface area (TPSA) is 188 Å². The molecule has 0 aliphatic carbocycles. The Labute approximate surface area is 426 Å². The Hall–Kier alpha value is -6.96. The normalized spacial score (nSPS) is 19.5. The number of benzene rings is 4. The van der Waals surface area contributed by atoms with Crippen LogP contribution >= 0.6 is 0 Å². The lowest BCUT2D eigenvalue weighted by atomic mass is 9.87. The van der Waals surface area contributed by atoms with E-state index in [9.17, 15) is 33.9 Å². The van der Waals surface area contributed by atoms with Crippen LogP contribution in [0.4, 0.5) is 16.2 Å².